The number of furan rings is 1. The third-order valence-corrected chi connectivity index (χ3v) is 3.12. The lowest BCUT2D eigenvalue weighted by molar-refractivity contribution is 0.277. The fraction of sp³-hybridized carbons (Fsp3) is 0.636. The van der Waals surface area contributed by atoms with Gasteiger partial charge >= 0.3 is 0 Å². The van der Waals surface area contributed by atoms with Crippen molar-refractivity contribution in [3.05, 3.63) is 23.7 Å². The summed E-state index contributed by atoms with van der Waals surface area (Å²) in [7, 11) is 0. The predicted molar refractivity (Wildman–Crippen MR) is 52.9 cm³/mol. The highest BCUT2D eigenvalue weighted by Gasteiger charge is 2.32. The molecule has 0 aromatic carbocycles. The van der Waals surface area contributed by atoms with E-state index in [1.807, 2.05) is 0 Å². The van der Waals surface area contributed by atoms with Crippen LogP contribution in [0.5, 0.6) is 0 Å². The summed E-state index contributed by atoms with van der Waals surface area (Å²) in [5.74, 6) is 1.19. The third kappa shape index (κ3) is 1.51. The molecule has 2 rings (SSSR count). The summed E-state index contributed by atoms with van der Waals surface area (Å²) >= 11 is 0. The maximum absolute atomic E-state index is 5.58. The maximum atomic E-state index is 5.58. The Morgan fingerprint density at radius 3 is 2.62 bits per heavy atom. The smallest absolute Gasteiger partial charge is 0.112 e. The van der Waals surface area contributed by atoms with Crippen LogP contribution in [-0.2, 0) is 5.41 Å². The van der Waals surface area contributed by atoms with Gasteiger partial charge in [-0.25, -0.2) is 0 Å². The Hall–Kier alpha value is -0.760. The zero-order valence-electron chi connectivity index (χ0n) is 8.39. The SMILES string of the molecule is Cc1ccoc1C1(C)CCNCC1. The van der Waals surface area contributed by atoms with Crippen LogP contribution in [0.15, 0.2) is 16.7 Å². The van der Waals surface area contributed by atoms with E-state index >= 15 is 0 Å². The minimum Gasteiger partial charge on any atom is -0.468 e. The van der Waals surface area contributed by atoms with Crippen molar-refractivity contribution in [1.82, 2.24) is 5.32 Å². The Balaban J connectivity index is 2.27. The molecule has 1 aromatic heterocycles. The normalized spacial score (nSPS) is 21.7. The lowest BCUT2D eigenvalue weighted by atomic mass is 9.77. The van der Waals surface area contributed by atoms with Gasteiger partial charge in [0.05, 0.1) is 6.26 Å². The van der Waals surface area contributed by atoms with E-state index in [1.165, 1.54) is 24.2 Å². The van der Waals surface area contributed by atoms with E-state index in [9.17, 15) is 0 Å². The number of nitrogens with one attached hydrogen (secondary N) is 1. The van der Waals surface area contributed by atoms with E-state index in [1.54, 1.807) is 6.26 Å². The van der Waals surface area contributed by atoms with Crippen LogP contribution in [0.4, 0.5) is 0 Å². The van der Waals surface area contributed by atoms with Crippen LogP contribution in [0.3, 0.4) is 0 Å². The van der Waals surface area contributed by atoms with Crippen LogP contribution >= 0.6 is 0 Å². The lowest BCUT2D eigenvalue weighted by Crippen LogP contribution is -2.37. The van der Waals surface area contributed by atoms with Crippen molar-refractivity contribution in [2.45, 2.75) is 32.1 Å². The average Bonchev–Trinajstić information content (AvgIpc) is 2.53. The van der Waals surface area contributed by atoms with Gasteiger partial charge in [0.1, 0.15) is 5.76 Å². The maximum Gasteiger partial charge on any atom is 0.112 e. The van der Waals surface area contributed by atoms with Crippen molar-refractivity contribution < 1.29 is 4.42 Å². The van der Waals surface area contributed by atoms with E-state index in [-0.39, 0.29) is 5.41 Å². The van der Waals surface area contributed by atoms with Gasteiger partial charge in [0.25, 0.3) is 0 Å². The molecular formula is C11H17NO. The van der Waals surface area contributed by atoms with Gasteiger partial charge in [0.15, 0.2) is 0 Å². The molecule has 0 atom stereocenters. The predicted octanol–water partition coefficient (Wildman–Crippen LogP) is 2.23. The molecule has 0 unspecified atom stereocenters. The second-order valence-corrected chi connectivity index (χ2v) is 4.24. The van der Waals surface area contributed by atoms with E-state index in [0.717, 1.165) is 13.1 Å². The number of piperidine rings is 1. The molecule has 1 aromatic rings. The first-order valence-corrected chi connectivity index (χ1v) is 4.98. The van der Waals surface area contributed by atoms with Crippen LogP contribution in [-0.4, -0.2) is 13.1 Å². The van der Waals surface area contributed by atoms with Crippen LogP contribution in [0.2, 0.25) is 0 Å². The number of hydrogen-bond acceptors (Lipinski definition) is 2. The Morgan fingerprint density at radius 1 is 1.38 bits per heavy atom. The molecule has 72 valence electrons. The first kappa shape index (κ1) is 8.82. The fourth-order valence-electron chi connectivity index (χ4n) is 2.20. The molecule has 1 saturated heterocycles. The number of rotatable bonds is 1. The number of hydrogen-bond donors (Lipinski definition) is 1. The molecule has 0 spiro atoms. The molecule has 0 aliphatic carbocycles. The molecule has 2 nitrogen and oxygen atoms in total. The van der Waals surface area contributed by atoms with Gasteiger partial charge in [-0.1, -0.05) is 6.92 Å². The second kappa shape index (κ2) is 3.18. The Morgan fingerprint density at radius 2 is 2.08 bits per heavy atom. The second-order valence-electron chi connectivity index (χ2n) is 4.24. The molecule has 1 aliphatic rings. The molecule has 2 heterocycles. The van der Waals surface area contributed by atoms with Crippen molar-refractivity contribution >= 4 is 0 Å². The van der Waals surface area contributed by atoms with E-state index in [0.29, 0.717) is 0 Å². The van der Waals surface area contributed by atoms with Gasteiger partial charge in [-0.15, -0.1) is 0 Å². The summed E-state index contributed by atoms with van der Waals surface area (Å²) in [6.07, 6.45) is 4.17. The molecule has 0 radical (unpaired) electrons. The van der Waals surface area contributed by atoms with Gasteiger partial charge < -0.3 is 9.73 Å². The highest BCUT2D eigenvalue weighted by atomic mass is 16.3. The Bertz CT molecular complexity index is 284. The molecule has 13 heavy (non-hydrogen) atoms. The molecule has 1 N–H and O–H groups in total. The molecule has 2 heteroatoms. The average molecular weight is 179 g/mol. The molecule has 0 amide bonds. The topological polar surface area (TPSA) is 25.2 Å². The van der Waals surface area contributed by atoms with Gasteiger partial charge in [-0.05, 0) is 44.5 Å². The minimum absolute atomic E-state index is 0.263. The van der Waals surface area contributed by atoms with E-state index < -0.39 is 0 Å². The van der Waals surface area contributed by atoms with Crippen LogP contribution in [0.1, 0.15) is 31.1 Å². The first-order chi connectivity index (χ1) is 6.22. The first-order valence-electron chi connectivity index (χ1n) is 4.98. The van der Waals surface area contributed by atoms with Crippen LogP contribution in [0.25, 0.3) is 0 Å². The van der Waals surface area contributed by atoms with Crippen molar-refractivity contribution in [3.63, 3.8) is 0 Å². The van der Waals surface area contributed by atoms with Crippen LogP contribution in [0, 0.1) is 6.92 Å². The summed E-state index contributed by atoms with van der Waals surface area (Å²) in [5.41, 5.74) is 1.56. The highest BCUT2D eigenvalue weighted by Crippen LogP contribution is 2.35. The largest absolute Gasteiger partial charge is 0.468 e. The van der Waals surface area contributed by atoms with Crippen LogP contribution < -0.4 is 5.32 Å². The number of aryl methyl sites for hydroxylation is 1. The standard InChI is InChI=1S/C11H17NO/c1-9-3-8-13-10(9)11(2)4-6-12-7-5-11/h3,8,12H,4-7H2,1-2H3. The fourth-order valence-corrected chi connectivity index (χ4v) is 2.20. The van der Waals surface area contributed by atoms with E-state index in [4.69, 9.17) is 4.42 Å². The van der Waals surface area contributed by atoms with Crippen molar-refractivity contribution in [1.29, 1.82) is 0 Å². The zero-order valence-corrected chi connectivity index (χ0v) is 8.39. The molecule has 1 aliphatic heterocycles. The summed E-state index contributed by atoms with van der Waals surface area (Å²) in [6, 6.07) is 2.06. The quantitative estimate of drug-likeness (QED) is 0.715. The third-order valence-electron chi connectivity index (χ3n) is 3.12. The Kier molecular flexibility index (Phi) is 2.16. The van der Waals surface area contributed by atoms with Gasteiger partial charge in [0.2, 0.25) is 0 Å². The summed E-state index contributed by atoms with van der Waals surface area (Å²) in [4.78, 5) is 0. The van der Waals surface area contributed by atoms with E-state index in [2.05, 4.69) is 25.2 Å². The van der Waals surface area contributed by atoms with Gasteiger partial charge in [0, 0.05) is 5.41 Å². The van der Waals surface area contributed by atoms with Gasteiger partial charge in [-0.2, -0.15) is 0 Å². The van der Waals surface area contributed by atoms with Gasteiger partial charge in [-0.3, -0.25) is 0 Å². The molecular weight excluding hydrogens is 162 g/mol. The van der Waals surface area contributed by atoms with Crippen molar-refractivity contribution in [3.8, 4) is 0 Å². The Labute approximate surface area is 79.3 Å². The van der Waals surface area contributed by atoms with Crippen molar-refractivity contribution in [2.75, 3.05) is 13.1 Å². The van der Waals surface area contributed by atoms with Crippen molar-refractivity contribution in [2.24, 2.45) is 0 Å². The zero-order chi connectivity index (χ0) is 9.31. The summed E-state index contributed by atoms with van der Waals surface area (Å²) in [5, 5.41) is 3.38. The molecule has 1 fully saturated rings. The summed E-state index contributed by atoms with van der Waals surface area (Å²) < 4.78 is 5.58. The monoisotopic (exact) mass is 179 g/mol. The highest BCUT2D eigenvalue weighted by molar-refractivity contribution is 5.23. The minimum atomic E-state index is 0.263. The summed E-state index contributed by atoms with van der Waals surface area (Å²) in [6.45, 7) is 6.65. The molecule has 0 bridgehead atoms. The lowest BCUT2D eigenvalue weighted by Gasteiger charge is -2.32. The molecule has 0 saturated carbocycles.